The summed E-state index contributed by atoms with van der Waals surface area (Å²) in [6, 6.07) is 0.680. The summed E-state index contributed by atoms with van der Waals surface area (Å²) >= 11 is 0. The summed E-state index contributed by atoms with van der Waals surface area (Å²) in [5, 5.41) is 9.35. The van der Waals surface area contributed by atoms with Gasteiger partial charge >= 0.3 is 0 Å². The molecule has 0 saturated heterocycles. The van der Waals surface area contributed by atoms with Gasteiger partial charge in [0.15, 0.2) is 0 Å². The molecule has 0 amide bonds. The number of rotatable bonds is 26. The third kappa shape index (κ3) is 22.9. The monoisotopic (exact) mass is 439 g/mol. The molecule has 2 nitrogen and oxygen atoms in total. The van der Waals surface area contributed by atoms with Crippen molar-refractivity contribution in [2.75, 3.05) is 20.2 Å². The third-order valence-corrected chi connectivity index (χ3v) is 7.11. The molecule has 0 fully saturated rings. The van der Waals surface area contributed by atoms with E-state index in [4.69, 9.17) is 0 Å². The number of unbranched alkanes of at least 4 members (excludes halogenated alkanes) is 19. The molecule has 1 atom stereocenters. The van der Waals surface area contributed by atoms with Gasteiger partial charge in [0.05, 0.1) is 6.61 Å². The molecule has 188 valence electrons. The first-order valence-electron chi connectivity index (χ1n) is 14.6. The lowest BCUT2D eigenvalue weighted by Gasteiger charge is -2.27. The van der Waals surface area contributed by atoms with Gasteiger partial charge in [-0.15, -0.1) is 0 Å². The first-order chi connectivity index (χ1) is 15.3. The van der Waals surface area contributed by atoms with Gasteiger partial charge < -0.3 is 10.0 Å². The quantitative estimate of drug-likeness (QED) is 0.136. The summed E-state index contributed by atoms with van der Waals surface area (Å²) < 4.78 is 0. The van der Waals surface area contributed by atoms with E-state index < -0.39 is 0 Å². The fourth-order valence-corrected chi connectivity index (χ4v) is 4.84. The molecular formula is C29H61NO. The van der Waals surface area contributed by atoms with Crippen LogP contribution in [0.5, 0.6) is 0 Å². The maximum atomic E-state index is 9.35. The molecule has 2 heteroatoms. The average Bonchev–Trinajstić information content (AvgIpc) is 2.77. The number of hydrogen-bond donors (Lipinski definition) is 1. The maximum Gasteiger partial charge on any atom is 0.0558 e. The first-order valence-corrected chi connectivity index (χ1v) is 14.6. The van der Waals surface area contributed by atoms with E-state index in [9.17, 15) is 5.11 Å². The van der Waals surface area contributed by atoms with Crippen molar-refractivity contribution in [3.05, 3.63) is 0 Å². The third-order valence-electron chi connectivity index (χ3n) is 7.11. The molecule has 0 rings (SSSR count). The standard InChI is InChI=1S/C29H61NO/c1-4-6-8-10-12-14-16-18-20-22-24-26-29(30(3)27-28-31)25-23-21-19-17-15-13-11-9-7-5-2/h29,31H,4-28H2,1-3H3. The van der Waals surface area contributed by atoms with Gasteiger partial charge in [0, 0.05) is 12.6 Å². The van der Waals surface area contributed by atoms with Gasteiger partial charge in [0.1, 0.15) is 0 Å². The lowest BCUT2D eigenvalue weighted by atomic mass is 9.98. The average molecular weight is 440 g/mol. The highest BCUT2D eigenvalue weighted by Gasteiger charge is 2.13. The molecule has 0 aromatic carbocycles. The molecular weight excluding hydrogens is 378 g/mol. The predicted molar refractivity (Wildman–Crippen MR) is 141 cm³/mol. The predicted octanol–water partition coefficient (Wildman–Crippen LogP) is 9.29. The Morgan fingerprint density at radius 1 is 0.484 bits per heavy atom. The molecule has 0 aromatic rings. The van der Waals surface area contributed by atoms with Crippen molar-refractivity contribution in [2.45, 2.75) is 168 Å². The smallest absolute Gasteiger partial charge is 0.0558 e. The maximum absolute atomic E-state index is 9.35. The lowest BCUT2D eigenvalue weighted by molar-refractivity contribution is 0.162. The van der Waals surface area contributed by atoms with Crippen LogP contribution in [0.3, 0.4) is 0 Å². The lowest BCUT2D eigenvalue weighted by Crippen LogP contribution is -2.34. The van der Waals surface area contributed by atoms with E-state index >= 15 is 0 Å². The first kappa shape index (κ1) is 30.9. The summed E-state index contributed by atoms with van der Waals surface area (Å²) in [4.78, 5) is 2.42. The normalized spacial score (nSPS) is 12.7. The topological polar surface area (TPSA) is 23.5 Å². The zero-order valence-corrected chi connectivity index (χ0v) is 22.1. The van der Waals surface area contributed by atoms with Gasteiger partial charge in [-0.2, -0.15) is 0 Å². The molecule has 0 bridgehead atoms. The van der Waals surface area contributed by atoms with E-state index in [1.54, 1.807) is 0 Å². The Morgan fingerprint density at radius 2 is 0.774 bits per heavy atom. The summed E-state index contributed by atoms with van der Waals surface area (Å²) in [6.45, 7) is 5.72. The number of nitrogens with zero attached hydrogens (tertiary/aromatic N) is 1. The second-order valence-electron chi connectivity index (χ2n) is 10.2. The number of aliphatic hydroxyl groups excluding tert-OH is 1. The van der Waals surface area contributed by atoms with Crippen LogP contribution in [0.1, 0.15) is 162 Å². The second kappa shape index (κ2) is 26.2. The summed E-state index contributed by atoms with van der Waals surface area (Å²) in [7, 11) is 2.22. The Hall–Kier alpha value is -0.0800. The van der Waals surface area contributed by atoms with Crippen LogP contribution in [0, 0.1) is 0 Å². The molecule has 0 saturated carbocycles. The van der Waals surface area contributed by atoms with Crippen LogP contribution in [0.25, 0.3) is 0 Å². The highest BCUT2D eigenvalue weighted by Crippen LogP contribution is 2.18. The Kier molecular flexibility index (Phi) is 26.1. The van der Waals surface area contributed by atoms with Gasteiger partial charge in [-0.05, 0) is 19.9 Å². The van der Waals surface area contributed by atoms with Crippen LogP contribution in [0.4, 0.5) is 0 Å². The number of aliphatic hydroxyl groups is 1. The number of hydrogen-bond acceptors (Lipinski definition) is 2. The van der Waals surface area contributed by atoms with Crippen LogP contribution in [0.15, 0.2) is 0 Å². The Labute approximate surface area is 198 Å². The van der Waals surface area contributed by atoms with Crippen molar-refractivity contribution in [3.8, 4) is 0 Å². The van der Waals surface area contributed by atoms with E-state index in [2.05, 4.69) is 25.8 Å². The van der Waals surface area contributed by atoms with Crippen molar-refractivity contribution in [2.24, 2.45) is 0 Å². The molecule has 0 aliphatic rings. The molecule has 0 spiro atoms. The van der Waals surface area contributed by atoms with E-state index in [1.807, 2.05) is 0 Å². The molecule has 1 N–H and O–H groups in total. The largest absolute Gasteiger partial charge is 0.395 e. The van der Waals surface area contributed by atoms with E-state index in [-0.39, 0.29) is 0 Å². The van der Waals surface area contributed by atoms with Gasteiger partial charge in [0.25, 0.3) is 0 Å². The molecule has 0 aliphatic carbocycles. The van der Waals surface area contributed by atoms with E-state index in [0.717, 1.165) is 6.54 Å². The SMILES string of the molecule is CCCCCCCCCCCCCC(CCCCCCCCCCCC)N(C)CCO. The molecule has 1 unspecified atom stereocenters. The van der Waals surface area contributed by atoms with E-state index in [0.29, 0.717) is 12.6 Å². The zero-order valence-electron chi connectivity index (χ0n) is 22.1. The minimum Gasteiger partial charge on any atom is -0.395 e. The van der Waals surface area contributed by atoms with E-state index in [1.165, 1.54) is 148 Å². The minimum absolute atomic E-state index is 0.295. The van der Waals surface area contributed by atoms with Crippen molar-refractivity contribution >= 4 is 0 Å². The van der Waals surface area contributed by atoms with Crippen LogP contribution in [0.2, 0.25) is 0 Å². The summed E-state index contributed by atoms with van der Waals surface area (Å²) in [5.41, 5.74) is 0. The van der Waals surface area contributed by atoms with Gasteiger partial charge in [-0.1, -0.05) is 149 Å². The van der Waals surface area contributed by atoms with Crippen molar-refractivity contribution in [3.63, 3.8) is 0 Å². The van der Waals surface area contributed by atoms with Gasteiger partial charge in [0.2, 0.25) is 0 Å². The summed E-state index contributed by atoms with van der Waals surface area (Å²) in [5.74, 6) is 0. The Bertz CT molecular complexity index is 320. The number of likely N-dealkylation sites (N-methyl/N-ethyl adjacent to an activating group) is 1. The van der Waals surface area contributed by atoms with Crippen molar-refractivity contribution in [1.82, 2.24) is 4.90 Å². The highest BCUT2D eigenvalue weighted by molar-refractivity contribution is 4.69. The van der Waals surface area contributed by atoms with Crippen LogP contribution in [-0.2, 0) is 0 Å². The molecule has 31 heavy (non-hydrogen) atoms. The fraction of sp³-hybridized carbons (Fsp3) is 1.00. The van der Waals surface area contributed by atoms with Crippen molar-refractivity contribution in [1.29, 1.82) is 0 Å². The van der Waals surface area contributed by atoms with Crippen LogP contribution >= 0.6 is 0 Å². The Morgan fingerprint density at radius 3 is 1.06 bits per heavy atom. The minimum atomic E-state index is 0.295. The highest BCUT2D eigenvalue weighted by atomic mass is 16.3. The molecule has 0 heterocycles. The van der Waals surface area contributed by atoms with Crippen molar-refractivity contribution < 1.29 is 5.11 Å². The van der Waals surface area contributed by atoms with Gasteiger partial charge in [-0.3, -0.25) is 0 Å². The second-order valence-corrected chi connectivity index (χ2v) is 10.2. The molecule has 0 aromatic heterocycles. The zero-order chi connectivity index (χ0) is 22.8. The fourth-order valence-electron chi connectivity index (χ4n) is 4.84. The van der Waals surface area contributed by atoms with Gasteiger partial charge in [-0.25, -0.2) is 0 Å². The van der Waals surface area contributed by atoms with Crippen LogP contribution in [-0.4, -0.2) is 36.2 Å². The molecule has 0 radical (unpaired) electrons. The Balaban J connectivity index is 3.68. The van der Waals surface area contributed by atoms with Crippen LogP contribution < -0.4 is 0 Å². The molecule has 0 aliphatic heterocycles. The summed E-state index contributed by atoms with van der Waals surface area (Å²) in [6.07, 6.45) is 32.4.